The van der Waals surface area contributed by atoms with Crippen LogP contribution in [0.5, 0.6) is 28.7 Å². The van der Waals surface area contributed by atoms with E-state index in [1.54, 1.807) is 11.0 Å². The van der Waals surface area contributed by atoms with Crippen LogP contribution in [0.15, 0.2) is 54.8 Å². The van der Waals surface area contributed by atoms with Crippen molar-refractivity contribution >= 4 is 18.0 Å². The molecule has 9 atom stereocenters. The number of ether oxygens (including phenoxy) is 6. The number of aromatic hydroxyl groups is 3. The van der Waals surface area contributed by atoms with E-state index < -0.39 is 67.4 Å². The van der Waals surface area contributed by atoms with Crippen LogP contribution in [0.4, 0.5) is 0 Å². The second-order valence-corrected chi connectivity index (χ2v) is 12.4. The number of aliphatic hydroxyl groups is 3. The molecule has 0 aromatic heterocycles. The predicted molar refractivity (Wildman–Crippen MR) is 172 cm³/mol. The van der Waals surface area contributed by atoms with Gasteiger partial charge in [-0.3, -0.25) is 4.79 Å². The maximum atomic E-state index is 13.6. The fraction of sp³-hybridized carbons (Fsp3) is 0.429. The average molecular weight is 698 g/mol. The Hall–Kier alpha value is -4.80. The molecule has 0 saturated carbocycles. The molecule has 1 amide bonds. The molecule has 2 aromatic carbocycles. The molecule has 6 rings (SSSR count). The third-order valence-corrected chi connectivity index (χ3v) is 9.60. The van der Waals surface area contributed by atoms with Crippen LogP contribution in [0.3, 0.4) is 0 Å². The Labute approximate surface area is 286 Å². The second-order valence-electron chi connectivity index (χ2n) is 12.4. The zero-order chi connectivity index (χ0) is 35.9. The Morgan fingerprint density at radius 2 is 1.70 bits per heavy atom. The van der Waals surface area contributed by atoms with Crippen LogP contribution in [0.1, 0.15) is 29.2 Å². The highest BCUT2D eigenvalue weighted by atomic mass is 16.8. The molecular weight excluding hydrogens is 658 g/mol. The highest BCUT2D eigenvalue weighted by Crippen LogP contribution is 2.49. The van der Waals surface area contributed by atoms with Crippen molar-refractivity contribution in [2.45, 2.75) is 55.9 Å². The zero-order valence-electron chi connectivity index (χ0n) is 27.2. The van der Waals surface area contributed by atoms with Crippen LogP contribution >= 0.6 is 0 Å². The van der Waals surface area contributed by atoms with E-state index in [0.29, 0.717) is 30.5 Å². The lowest BCUT2D eigenvalue weighted by atomic mass is 9.73. The first-order chi connectivity index (χ1) is 23.9. The van der Waals surface area contributed by atoms with Crippen LogP contribution in [0, 0.1) is 11.8 Å². The number of rotatable bonds is 9. The summed E-state index contributed by atoms with van der Waals surface area (Å²) in [4.78, 5) is 27.9. The molecule has 2 fully saturated rings. The second kappa shape index (κ2) is 14.2. The van der Waals surface area contributed by atoms with Crippen molar-refractivity contribution < 1.29 is 68.6 Å². The quantitative estimate of drug-likeness (QED) is 0.0946. The summed E-state index contributed by atoms with van der Waals surface area (Å²) in [5.41, 5.74) is 2.41. The van der Waals surface area contributed by atoms with E-state index in [1.807, 2.05) is 0 Å². The minimum absolute atomic E-state index is 0.125. The van der Waals surface area contributed by atoms with E-state index in [4.69, 9.17) is 28.4 Å². The summed E-state index contributed by atoms with van der Waals surface area (Å²) in [6, 6.07) is 5.53. The number of carbonyl (C=O) groups is 2. The van der Waals surface area contributed by atoms with E-state index in [1.165, 1.54) is 50.8 Å². The molecule has 15 heteroatoms. The number of hydrogen-bond donors (Lipinski definition) is 6. The Morgan fingerprint density at radius 1 is 1.00 bits per heavy atom. The van der Waals surface area contributed by atoms with Crippen molar-refractivity contribution in [1.29, 1.82) is 0 Å². The van der Waals surface area contributed by atoms with Crippen LogP contribution in [0.2, 0.25) is 0 Å². The predicted octanol–water partition coefficient (Wildman–Crippen LogP) is 1.39. The number of hydrogen-bond acceptors (Lipinski definition) is 14. The van der Waals surface area contributed by atoms with Gasteiger partial charge in [0.15, 0.2) is 29.3 Å². The highest BCUT2D eigenvalue weighted by molar-refractivity contribution is 5.95. The van der Waals surface area contributed by atoms with Crippen molar-refractivity contribution in [3.63, 3.8) is 0 Å². The number of amides is 1. The summed E-state index contributed by atoms with van der Waals surface area (Å²) in [6.07, 6.45) is -2.83. The number of methoxy groups -OCH3 is 2. The molecule has 4 aliphatic heterocycles. The molecule has 6 N–H and O–H groups in total. The van der Waals surface area contributed by atoms with Gasteiger partial charge in [-0.15, -0.1) is 6.58 Å². The third kappa shape index (κ3) is 6.45. The Balaban J connectivity index is 1.13. The van der Waals surface area contributed by atoms with Gasteiger partial charge in [0.05, 0.1) is 32.1 Å². The lowest BCUT2D eigenvalue weighted by Crippen LogP contribution is -2.60. The number of phenols is 3. The Kier molecular flexibility index (Phi) is 9.96. The molecule has 50 heavy (non-hydrogen) atoms. The SMILES string of the molecule is C=C[C@H]1[C@H](O[C@@H]2O[C@H](COC(=O)/C=C\c3cc(OC)c(O)c(OC)c3)[C@@H](O)[C@H](O)[C@H]2O)OC=C2C(=O)N3CCc4cc(O)c(O)cc4[C@H]3C[C@H]21. The van der Waals surface area contributed by atoms with E-state index in [9.17, 15) is 40.2 Å². The van der Waals surface area contributed by atoms with Gasteiger partial charge < -0.3 is 64.0 Å². The standard InChI is InChI=1S/C35H39NO14/c1-4-18-20-12-22-19-13-24(38)23(37)11-17(19)7-8-36(22)33(44)21(20)14-48-34(18)50-35-32(43)31(42)30(41)27(49-35)15-47-28(39)6-5-16-9-25(45-2)29(40)26(10-16)46-3/h4-6,9-11,13-14,18,20,22,27,30-32,34-35,37-38,40-43H,1,7-8,12,15H2,2-3H3/b6-5-/t18-,20+,22-,27-,30-,31+,32-,34+,35+/m1/s1. The van der Waals surface area contributed by atoms with E-state index >= 15 is 0 Å². The molecule has 0 radical (unpaired) electrons. The van der Waals surface area contributed by atoms with Gasteiger partial charge in [-0.2, -0.15) is 0 Å². The third-order valence-electron chi connectivity index (χ3n) is 9.60. The number of esters is 1. The average Bonchev–Trinajstić information content (AvgIpc) is 3.11. The molecule has 2 aromatic rings. The number of benzene rings is 2. The molecule has 0 unspecified atom stereocenters. The fourth-order valence-electron chi connectivity index (χ4n) is 6.92. The summed E-state index contributed by atoms with van der Waals surface area (Å²) in [6.45, 7) is 3.81. The normalized spacial score (nSPS) is 30.3. The summed E-state index contributed by atoms with van der Waals surface area (Å²) < 4.78 is 33.1. The first-order valence-electron chi connectivity index (χ1n) is 15.9. The molecular formula is C35H39NO14. The molecule has 4 heterocycles. The van der Waals surface area contributed by atoms with Gasteiger partial charge >= 0.3 is 5.97 Å². The van der Waals surface area contributed by atoms with Crippen molar-refractivity contribution in [2.75, 3.05) is 27.4 Å². The summed E-state index contributed by atoms with van der Waals surface area (Å²) in [5.74, 6) is -2.63. The fourth-order valence-corrected chi connectivity index (χ4v) is 6.92. The van der Waals surface area contributed by atoms with Gasteiger partial charge in [0.25, 0.3) is 5.91 Å². The number of aliphatic hydroxyl groups excluding tert-OH is 3. The molecule has 268 valence electrons. The van der Waals surface area contributed by atoms with E-state index in [-0.39, 0.29) is 34.7 Å². The first kappa shape index (κ1) is 35.0. The monoisotopic (exact) mass is 697 g/mol. The first-order valence-corrected chi connectivity index (χ1v) is 15.9. The molecule has 0 spiro atoms. The maximum Gasteiger partial charge on any atom is 0.330 e. The Morgan fingerprint density at radius 3 is 2.38 bits per heavy atom. The van der Waals surface area contributed by atoms with Gasteiger partial charge in [-0.1, -0.05) is 6.08 Å². The molecule has 2 saturated heterocycles. The van der Waals surface area contributed by atoms with Crippen molar-refractivity contribution in [3.8, 4) is 28.7 Å². The maximum absolute atomic E-state index is 13.6. The minimum atomic E-state index is -1.74. The van der Waals surface area contributed by atoms with Crippen LogP contribution in [0.25, 0.3) is 6.08 Å². The Bertz CT molecular complexity index is 1680. The largest absolute Gasteiger partial charge is 0.504 e. The van der Waals surface area contributed by atoms with Crippen molar-refractivity contribution in [1.82, 2.24) is 4.90 Å². The number of phenolic OH excluding ortho intramolecular Hbond substituents is 3. The zero-order valence-corrected chi connectivity index (χ0v) is 27.2. The summed E-state index contributed by atoms with van der Waals surface area (Å²) >= 11 is 0. The van der Waals surface area contributed by atoms with Gasteiger partial charge in [-0.25, -0.2) is 4.79 Å². The van der Waals surface area contributed by atoms with Crippen molar-refractivity contribution in [3.05, 3.63) is 71.5 Å². The smallest absolute Gasteiger partial charge is 0.330 e. The van der Waals surface area contributed by atoms with Gasteiger partial charge in [0.1, 0.15) is 31.0 Å². The minimum Gasteiger partial charge on any atom is -0.504 e. The topological polar surface area (TPSA) is 214 Å². The lowest BCUT2D eigenvalue weighted by molar-refractivity contribution is -0.339. The number of nitrogens with zero attached hydrogens (tertiary/aromatic N) is 1. The summed E-state index contributed by atoms with van der Waals surface area (Å²) in [7, 11) is 2.72. The van der Waals surface area contributed by atoms with Crippen molar-refractivity contribution in [2.24, 2.45) is 11.8 Å². The lowest BCUT2D eigenvalue weighted by Gasteiger charge is -2.48. The molecule has 4 aliphatic rings. The van der Waals surface area contributed by atoms with Crippen LogP contribution < -0.4 is 9.47 Å². The molecule has 0 aliphatic carbocycles. The molecule has 15 nitrogen and oxygen atoms in total. The van der Waals surface area contributed by atoms with E-state index in [0.717, 1.165) is 17.2 Å². The van der Waals surface area contributed by atoms with Crippen LogP contribution in [-0.4, -0.2) is 112 Å². The molecule has 0 bridgehead atoms. The number of fused-ring (bicyclic) bond motifs is 4. The number of carbonyl (C=O) groups excluding carboxylic acids is 2. The van der Waals surface area contributed by atoms with Gasteiger partial charge in [-0.05, 0) is 59.9 Å². The highest BCUT2D eigenvalue weighted by Gasteiger charge is 2.51. The van der Waals surface area contributed by atoms with E-state index in [2.05, 4.69) is 6.58 Å². The summed E-state index contributed by atoms with van der Waals surface area (Å²) in [5, 5.41) is 62.4. The van der Waals surface area contributed by atoms with Crippen LogP contribution in [-0.2, 0) is 35.0 Å². The van der Waals surface area contributed by atoms with Gasteiger partial charge in [0, 0.05) is 24.5 Å². The van der Waals surface area contributed by atoms with Gasteiger partial charge in [0.2, 0.25) is 12.0 Å². The number of piperidine rings is 1.